The molecule has 7 heteroatoms. The van der Waals surface area contributed by atoms with Crippen LogP contribution in [0.1, 0.15) is 81.9 Å². The zero-order valence-corrected chi connectivity index (χ0v) is 23.8. The van der Waals surface area contributed by atoms with Gasteiger partial charge in [-0.3, -0.25) is 4.79 Å². The Bertz CT molecular complexity index is 1340. The van der Waals surface area contributed by atoms with Crippen molar-refractivity contribution in [3.63, 3.8) is 0 Å². The quantitative estimate of drug-likeness (QED) is 0.218. The topological polar surface area (TPSA) is 68.7 Å². The first-order valence-electron chi connectivity index (χ1n) is 14.0. The molecule has 0 bridgehead atoms. The average molecular weight is 552 g/mol. The van der Waals surface area contributed by atoms with Gasteiger partial charge >= 0.3 is 5.97 Å². The minimum atomic E-state index is -0.932. The number of nitrogens with zero attached hydrogens (tertiary/aromatic N) is 1. The van der Waals surface area contributed by atoms with Crippen molar-refractivity contribution in [3.05, 3.63) is 77.0 Å². The molecule has 3 aromatic rings. The molecule has 1 atom stereocenters. The van der Waals surface area contributed by atoms with E-state index in [1.54, 1.807) is 24.3 Å². The number of rotatable bonds is 14. The highest BCUT2D eigenvalue weighted by molar-refractivity contribution is 5.69. The number of carboxylic acids is 1. The van der Waals surface area contributed by atoms with Gasteiger partial charge in [-0.05, 0) is 64.8 Å². The van der Waals surface area contributed by atoms with Gasteiger partial charge in [0.2, 0.25) is 5.88 Å². The minimum Gasteiger partial charge on any atom is -0.486 e. The lowest BCUT2D eigenvalue weighted by molar-refractivity contribution is -0.137. The van der Waals surface area contributed by atoms with Gasteiger partial charge in [-0.15, -0.1) is 0 Å². The third-order valence-electron chi connectivity index (χ3n) is 7.66. The third-order valence-corrected chi connectivity index (χ3v) is 7.66. The van der Waals surface area contributed by atoms with E-state index in [1.165, 1.54) is 13.3 Å². The summed E-state index contributed by atoms with van der Waals surface area (Å²) in [4.78, 5) is 15.4. The number of ether oxygens (including phenoxy) is 2. The maximum absolute atomic E-state index is 15.6. The summed E-state index contributed by atoms with van der Waals surface area (Å²) in [7, 11) is 1.50. The molecule has 5 nitrogen and oxygen atoms in total. The Morgan fingerprint density at radius 1 is 1.15 bits per heavy atom. The van der Waals surface area contributed by atoms with Crippen molar-refractivity contribution in [1.29, 1.82) is 0 Å². The third kappa shape index (κ3) is 7.58. The zero-order chi connectivity index (χ0) is 28.9. The van der Waals surface area contributed by atoms with Crippen LogP contribution >= 0.6 is 0 Å². The van der Waals surface area contributed by atoms with Crippen LogP contribution in [0.25, 0.3) is 11.1 Å². The van der Waals surface area contributed by atoms with E-state index in [2.05, 4.69) is 25.8 Å². The first kappa shape index (κ1) is 29.5. The van der Waals surface area contributed by atoms with Crippen LogP contribution in [0.3, 0.4) is 0 Å². The number of aromatic nitrogens is 1. The molecule has 1 aromatic heterocycles. The van der Waals surface area contributed by atoms with E-state index in [0.717, 1.165) is 48.8 Å². The van der Waals surface area contributed by atoms with Crippen molar-refractivity contribution in [2.24, 2.45) is 11.3 Å². The largest absolute Gasteiger partial charge is 0.486 e. The summed E-state index contributed by atoms with van der Waals surface area (Å²) >= 11 is 0. The number of carboxylic acid groups (broad SMARTS) is 1. The molecule has 0 radical (unpaired) electrons. The molecule has 2 aromatic carbocycles. The molecule has 1 unspecified atom stereocenters. The summed E-state index contributed by atoms with van der Waals surface area (Å²) < 4.78 is 41.7. The van der Waals surface area contributed by atoms with Crippen LogP contribution in [-0.2, 0) is 17.8 Å². The average Bonchev–Trinajstić information content (AvgIpc) is 3.72. The number of hydrogen-bond donors (Lipinski definition) is 1. The van der Waals surface area contributed by atoms with Gasteiger partial charge in [0.1, 0.15) is 12.4 Å². The molecule has 1 heterocycles. The summed E-state index contributed by atoms with van der Waals surface area (Å²) in [6.07, 6.45) is 6.62. The SMILES string of the molecule is CCCC(C)(C)Cc1cc(COc2cccc(C(CC(=O)O)CC3CC3)c2F)ccc1-c1cc(OC)ncc1F. The number of benzene rings is 2. The predicted octanol–water partition coefficient (Wildman–Crippen LogP) is 8.34. The van der Waals surface area contributed by atoms with Crippen molar-refractivity contribution in [3.8, 4) is 22.8 Å². The highest BCUT2D eigenvalue weighted by atomic mass is 19.1. The fourth-order valence-corrected chi connectivity index (χ4v) is 5.57. The van der Waals surface area contributed by atoms with Crippen LogP contribution in [0.2, 0.25) is 0 Å². The fraction of sp³-hybridized carbons (Fsp3) is 0.455. The lowest BCUT2D eigenvalue weighted by atomic mass is 9.79. The van der Waals surface area contributed by atoms with E-state index in [0.29, 0.717) is 29.3 Å². The molecule has 1 fully saturated rings. The Kier molecular flexibility index (Phi) is 9.44. The first-order valence-corrected chi connectivity index (χ1v) is 14.0. The Balaban J connectivity index is 1.62. The normalized spacial score (nSPS) is 14.2. The molecule has 0 spiro atoms. The van der Waals surface area contributed by atoms with Gasteiger partial charge in [-0.2, -0.15) is 0 Å². The number of pyridine rings is 1. The lowest BCUT2D eigenvalue weighted by Gasteiger charge is -2.26. The van der Waals surface area contributed by atoms with Crippen LogP contribution in [0.15, 0.2) is 48.7 Å². The Hall–Kier alpha value is -3.48. The highest BCUT2D eigenvalue weighted by Gasteiger charge is 2.30. The van der Waals surface area contributed by atoms with Gasteiger partial charge in [-0.1, -0.05) is 70.4 Å². The van der Waals surface area contributed by atoms with Gasteiger partial charge in [0.05, 0.1) is 19.7 Å². The van der Waals surface area contributed by atoms with E-state index in [9.17, 15) is 14.3 Å². The zero-order valence-electron chi connectivity index (χ0n) is 23.8. The number of aliphatic carboxylic acids is 1. The first-order chi connectivity index (χ1) is 19.1. The monoisotopic (exact) mass is 551 g/mol. The Labute approximate surface area is 235 Å². The predicted molar refractivity (Wildman–Crippen MR) is 152 cm³/mol. The van der Waals surface area contributed by atoms with Crippen LogP contribution in [0.5, 0.6) is 11.6 Å². The van der Waals surface area contributed by atoms with E-state index in [4.69, 9.17) is 9.47 Å². The molecule has 40 heavy (non-hydrogen) atoms. The van der Waals surface area contributed by atoms with Crippen molar-refractivity contribution < 1.29 is 28.2 Å². The second-order valence-electron chi connectivity index (χ2n) is 11.7. The number of methoxy groups -OCH3 is 1. The maximum Gasteiger partial charge on any atom is 0.303 e. The Morgan fingerprint density at radius 2 is 1.93 bits per heavy atom. The van der Waals surface area contributed by atoms with Crippen molar-refractivity contribution in [2.45, 2.75) is 78.2 Å². The summed E-state index contributed by atoms with van der Waals surface area (Å²) in [5.74, 6) is -1.34. The van der Waals surface area contributed by atoms with Crippen LogP contribution < -0.4 is 9.47 Å². The molecule has 214 valence electrons. The van der Waals surface area contributed by atoms with Crippen LogP contribution in [0.4, 0.5) is 8.78 Å². The molecular formula is C33H39F2NO4. The minimum absolute atomic E-state index is 0.0161. The van der Waals surface area contributed by atoms with E-state index in [-0.39, 0.29) is 30.1 Å². The second kappa shape index (κ2) is 12.8. The summed E-state index contributed by atoms with van der Waals surface area (Å²) in [5, 5.41) is 9.39. The van der Waals surface area contributed by atoms with Crippen molar-refractivity contribution >= 4 is 5.97 Å². The molecule has 1 N–H and O–H groups in total. The second-order valence-corrected chi connectivity index (χ2v) is 11.7. The van der Waals surface area contributed by atoms with Gasteiger partial charge in [0.15, 0.2) is 11.6 Å². The smallest absolute Gasteiger partial charge is 0.303 e. The highest BCUT2D eigenvalue weighted by Crippen LogP contribution is 2.42. The summed E-state index contributed by atoms with van der Waals surface area (Å²) in [5.41, 5.74) is 3.35. The molecule has 1 aliphatic rings. The molecule has 0 aliphatic heterocycles. The number of hydrogen-bond acceptors (Lipinski definition) is 4. The standard InChI is InChI=1S/C33H39F2NO4/c1-5-13-33(2,3)18-24-15-22(11-12-25(24)27-17-30(39-4)36-19-28(27)34)20-40-29-8-6-7-26(32(29)35)23(16-31(37)38)14-21-9-10-21/h6-8,11-12,15,17,19,21,23H,5,9-10,13-14,16,18,20H2,1-4H3,(H,37,38). The number of carbonyl (C=O) groups is 1. The van der Waals surface area contributed by atoms with E-state index in [1.807, 2.05) is 18.2 Å². The van der Waals surface area contributed by atoms with Crippen molar-refractivity contribution in [2.75, 3.05) is 7.11 Å². The lowest BCUT2D eigenvalue weighted by Crippen LogP contribution is -2.15. The van der Waals surface area contributed by atoms with E-state index < -0.39 is 17.6 Å². The van der Waals surface area contributed by atoms with Crippen LogP contribution in [-0.4, -0.2) is 23.2 Å². The molecule has 4 rings (SSSR count). The summed E-state index contributed by atoms with van der Waals surface area (Å²) in [6.45, 7) is 6.66. The van der Waals surface area contributed by atoms with Gasteiger partial charge < -0.3 is 14.6 Å². The molecule has 0 amide bonds. The van der Waals surface area contributed by atoms with Crippen LogP contribution in [0, 0.1) is 23.0 Å². The van der Waals surface area contributed by atoms with E-state index >= 15 is 4.39 Å². The maximum atomic E-state index is 15.6. The van der Waals surface area contributed by atoms with Gasteiger partial charge in [0.25, 0.3) is 0 Å². The van der Waals surface area contributed by atoms with Gasteiger partial charge in [0, 0.05) is 11.6 Å². The van der Waals surface area contributed by atoms with Crippen molar-refractivity contribution in [1.82, 2.24) is 4.98 Å². The molecular weight excluding hydrogens is 512 g/mol. The number of halogens is 2. The molecule has 1 aliphatic carbocycles. The molecule has 0 saturated heterocycles. The fourth-order valence-electron chi connectivity index (χ4n) is 5.57. The Morgan fingerprint density at radius 3 is 2.60 bits per heavy atom. The molecule has 1 saturated carbocycles. The summed E-state index contributed by atoms with van der Waals surface area (Å²) in [6, 6.07) is 12.3. The van der Waals surface area contributed by atoms with Gasteiger partial charge in [-0.25, -0.2) is 13.8 Å².